The Balaban J connectivity index is 2.21. The highest BCUT2D eigenvalue weighted by Crippen LogP contribution is 2.26. The average molecular weight is 277 g/mol. The van der Waals surface area contributed by atoms with Crippen LogP contribution in [0.15, 0.2) is 36.4 Å². The fraction of sp³-hybridized carbons (Fsp3) is 0.250. The van der Waals surface area contributed by atoms with Crippen molar-refractivity contribution in [2.75, 3.05) is 12.4 Å². The highest BCUT2D eigenvalue weighted by Gasteiger charge is 2.12. The summed E-state index contributed by atoms with van der Waals surface area (Å²) in [4.78, 5) is 0. The van der Waals surface area contributed by atoms with Crippen LogP contribution in [0.4, 0.5) is 14.5 Å². The van der Waals surface area contributed by atoms with E-state index in [9.17, 15) is 8.78 Å². The molecule has 1 N–H and O–H groups in total. The van der Waals surface area contributed by atoms with Crippen LogP contribution in [0.5, 0.6) is 5.75 Å². The van der Waals surface area contributed by atoms with Gasteiger partial charge in [-0.25, -0.2) is 8.78 Å². The zero-order valence-electron chi connectivity index (χ0n) is 11.7. The zero-order chi connectivity index (χ0) is 14.7. The summed E-state index contributed by atoms with van der Waals surface area (Å²) in [7, 11) is 1.50. The Kier molecular flexibility index (Phi) is 4.23. The largest absolute Gasteiger partial charge is 0.497 e. The lowest BCUT2D eigenvalue weighted by Crippen LogP contribution is -2.09. The number of rotatable bonds is 4. The Hall–Kier alpha value is -2.10. The van der Waals surface area contributed by atoms with Gasteiger partial charge in [0.05, 0.1) is 13.2 Å². The molecule has 0 radical (unpaired) electrons. The molecule has 0 saturated heterocycles. The van der Waals surface area contributed by atoms with E-state index < -0.39 is 0 Å². The Bertz CT molecular complexity index is 613. The molecule has 1 unspecified atom stereocenters. The fourth-order valence-electron chi connectivity index (χ4n) is 2.09. The third-order valence-electron chi connectivity index (χ3n) is 3.23. The van der Waals surface area contributed by atoms with E-state index >= 15 is 0 Å². The minimum atomic E-state index is -0.330. The van der Waals surface area contributed by atoms with Gasteiger partial charge in [0.15, 0.2) is 0 Å². The van der Waals surface area contributed by atoms with Gasteiger partial charge in [0, 0.05) is 17.3 Å². The van der Waals surface area contributed by atoms with Crippen molar-refractivity contribution in [2.45, 2.75) is 19.9 Å². The van der Waals surface area contributed by atoms with Crippen molar-refractivity contribution in [3.63, 3.8) is 0 Å². The predicted molar refractivity (Wildman–Crippen MR) is 76.1 cm³/mol. The lowest BCUT2D eigenvalue weighted by Gasteiger charge is -2.18. The first-order chi connectivity index (χ1) is 9.51. The molecule has 0 bridgehead atoms. The molecule has 0 saturated carbocycles. The van der Waals surface area contributed by atoms with E-state index in [-0.39, 0.29) is 17.7 Å². The van der Waals surface area contributed by atoms with Gasteiger partial charge < -0.3 is 10.1 Å². The van der Waals surface area contributed by atoms with E-state index in [2.05, 4.69) is 5.32 Å². The number of hydrogen-bond donors (Lipinski definition) is 1. The van der Waals surface area contributed by atoms with Crippen LogP contribution in [0, 0.1) is 18.6 Å². The van der Waals surface area contributed by atoms with Crippen LogP contribution < -0.4 is 10.1 Å². The van der Waals surface area contributed by atoms with Crippen LogP contribution in [-0.2, 0) is 0 Å². The van der Waals surface area contributed by atoms with Crippen molar-refractivity contribution in [2.24, 2.45) is 0 Å². The van der Waals surface area contributed by atoms with Crippen LogP contribution in [0.25, 0.3) is 0 Å². The normalized spacial score (nSPS) is 12.1. The lowest BCUT2D eigenvalue weighted by molar-refractivity contribution is 0.410. The number of hydrogen-bond acceptors (Lipinski definition) is 2. The average Bonchev–Trinajstić information content (AvgIpc) is 2.41. The highest BCUT2D eigenvalue weighted by molar-refractivity contribution is 5.52. The number of methoxy groups -OCH3 is 1. The predicted octanol–water partition coefficient (Wildman–Crippen LogP) is 4.45. The molecule has 0 amide bonds. The molecule has 0 aliphatic heterocycles. The Labute approximate surface area is 117 Å². The molecule has 2 rings (SSSR count). The molecule has 106 valence electrons. The van der Waals surface area contributed by atoms with Crippen LogP contribution in [0.3, 0.4) is 0 Å². The van der Waals surface area contributed by atoms with Crippen molar-refractivity contribution in [1.82, 2.24) is 0 Å². The fourth-order valence-corrected chi connectivity index (χ4v) is 2.09. The van der Waals surface area contributed by atoms with Gasteiger partial charge in [-0.15, -0.1) is 0 Å². The summed E-state index contributed by atoms with van der Waals surface area (Å²) >= 11 is 0. The summed E-state index contributed by atoms with van der Waals surface area (Å²) in [5, 5.41) is 3.18. The molecule has 4 heteroatoms. The summed E-state index contributed by atoms with van der Waals surface area (Å²) in [5.41, 5.74) is 2.11. The molecule has 0 aliphatic rings. The number of benzene rings is 2. The van der Waals surface area contributed by atoms with E-state index in [4.69, 9.17) is 4.74 Å². The van der Waals surface area contributed by atoms with E-state index in [1.807, 2.05) is 13.8 Å². The highest BCUT2D eigenvalue weighted by atomic mass is 19.1. The Morgan fingerprint density at radius 3 is 2.45 bits per heavy atom. The molecule has 2 nitrogen and oxygen atoms in total. The molecular weight excluding hydrogens is 260 g/mol. The maximum atomic E-state index is 14.0. The van der Waals surface area contributed by atoms with Crippen LogP contribution in [0.1, 0.15) is 24.1 Å². The number of ether oxygens (including phenoxy) is 1. The third-order valence-corrected chi connectivity index (χ3v) is 3.23. The molecule has 0 spiro atoms. The van der Waals surface area contributed by atoms with E-state index in [0.29, 0.717) is 11.3 Å². The first-order valence-electron chi connectivity index (χ1n) is 6.37. The topological polar surface area (TPSA) is 21.3 Å². The van der Waals surface area contributed by atoms with Crippen molar-refractivity contribution < 1.29 is 13.5 Å². The first kappa shape index (κ1) is 14.3. The molecule has 0 fully saturated rings. The second-order valence-electron chi connectivity index (χ2n) is 4.71. The number of aryl methyl sites for hydroxylation is 1. The van der Waals surface area contributed by atoms with Crippen molar-refractivity contribution in [3.8, 4) is 5.75 Å². The monoisotopic (exact) mass is 277 g/mol. The van der Waals surface area contributed by atoms with Gasteiger partial charge >= 0.3 is 0 Å². The van der Waals surface area contributed by atoms with Crippen LogP contribution >= 0.6 is 0 Å². The molecule has 2 aromatic rings. The van der Waals surface area contributed by atoms with Crippen molar-refractivity contribution in [3.05, 3.63) is 59.2 Å². The van der Waals surface area contributed by atoms with Gasteiger partial charge in [-0.2, -0.15) is 0 Å². The van der Waals surface area contributed by atoms with Crippen LogP contribution in [0.2, 0.25) is 0 Å². The van der Waals surface area contributed by atoms with E-state index in [0.717, 1.165) is 11.3 Å². The molecule has 2 aromatic carbocycles. The summed E-state index contributed by atoms with van der Waals surface area (Å²) in [5.74, 6) is -0.128. The minimum absolute atomic E-state index is 0.231. The molecule has 1 atom stereocenters. The quantitative estimate of drug-likeness (QED) is 0.891. The third kappa shape index (κ3) is 3.07. The van der Waals surface area contributed by atoms with Gasteiger partial charge in [0.25, 0.3) is 0 Å². The summed E-state index contributed by atoms with van der Waals surface area (Å²) < 4.78 is 32.0. The Morgan fingerprint density at radius 2 is 1.85 bits per heavy atom. The number of anilines is 1. The molecule has 0 aliphatic carbocycles. The number of nitrogens with one attached hydrogen (secondary N) is 1. The second-order valence-corrected chi connectivity index (χ2v) is 4.71. The number of halogens is 2. The maximum Gasteiger partial charge on any atom is 0.132 e. The van der Waals surface area contributed by atoms with Crippen molar-refractivity contribution in [1.29, 1.82) is 0 Å². The molecular formula is C16H17F2NO. The summed E-state index contributed by atoms with van der Waals surface area (Å²) in [6, 6.07) is 9.00. The zero-order valence-corrected chi connectivity index (χ0v) is 11.7. The first-order valence-corrected chi connectivity index (χ1v) is 6.37. The lowest BCUT2D eigenvalue weighted by atomic mass is 10.1. The molecule has 20 heavy (non-hydrogen) atoms. The SMILES string of the molecule is COc1ccc(C(C)Nc2ccc(F)cc2C)c(F)c1. The standard InChI is InChI=1S/C16H17F2NO/c1-10-8-12(17)4-7-16(10)19-11(2)14-6-5-13(20-3)9-15(14)18/h4-9,11,19H,1-3H3. The maximum absolute atomic E-state index is 14.0. The molecule has 0 heterocycles. The Morgan fingerprint density at radius 1 is 1.10 bits per heavy atom. The van der Waals surface area contributed by atoms with Gasteiger partial charge in [-0.05, 0) is 43.7 Å². The molecule has 0 aromatic heterocycles. The van der Waals surface area contributed by atoms with Crippen LogP contribution in [-0.4, -0.2) is 7.11 Å². The van der Waals surface area contributed by atoms with E-state index in [1.165, 1.54) is 25.3 Å². The van der Waals surface area contributed by atoms with Crippen molar-refractivity contribution >= 4 is 5.69 Å². The van der Waals surface area contributed by atoms with Gasteiger partial charge in [-0.3, -0.25) is 0 Å². The minimum Gasteiger partial charge on any atom is -0.497 e. The van der Waals surface area contributed by atoms with Gasteiger partial charge in [0.1, 0.15) is 17.4 Å². The van der Waals surface area contributed by atoms with E-state index in [1.54, 1.807) is 18.2 Å². The summed E-state index contributed by atoms with van der Waals surface area (Å²) in [6.45, 7) is 3.66. The second kappa shape index (κ2) is 5.90. The van der Waals surface area contributed by atoms with Gasteiger partial charge in [-0.1, -0.05) is 6.07 Å². The smallest absolute Gasteiger partial charge is 0.132 e. The van der Waals surface area contributed by atoms with Gasteiger partial charge in [0.2, 0.25) is 0 Å². The summed E-state index contributed by atoms with van der Waals surface area (Å²) in [6.07, 6.45) is 0.